The number of fused-ring (bicyclic) bond motifs is 1. The van der Waals surface area contributed by atoms with Gasteiger partial charge in [-0.1, -0.05) is 11.8 Å². The van der Waals surface area contributed by atoms with Crippen molar-refractivity contribution < 1.29 is 50.5 Å². The molecule has 2 atom stereocenters. The van der Waals surface area contributed by atoms with E-state index in [1.54, 1.807) is 10.1 Å². The predicted molar refractivity (Wildman–Crippen MR) is 135 cm³/mol. The van der Waals surface area contributed by atoms with E-state index in [1.807, 2.05) is 19.0 Å². The van der Waals surface area contributed by atoms with Crippen LogP contribution in [0.15, 0.2) is 21.8 Å². The van der Waals surface area contributed by atoms with Crippen LogP contribution in [0, 0.1) is 0 Å². The summed E-state index contributed by atoms with van der Waals surface area (Å²) >= 11 is 3.98. The fraction of sp³-hybridized carbons (Fsp3) is 0.500. The molecular weight excluding hydrogens is 561 g/mol. The number of thioether (sulfide) groups is 2. The molecule has 2 aromatic rings. The minimum Gasteiger partial charge on any atom is -1.00 e. The molecule has 2 aliphatic heterocycles. The van der Waals surface area contributed by atoms with Gasteiger partial charge in [-0.25, -0.2) is 14.5 Å². The number of amides is 2. The Hall–Kier alpha value is -1.40. The number of nitrogens with two attached hydrogens (primary N) is 1. The molecule has 4 N–H and O–H groups in total. The van der Waals surface area contributed by atoms with Crippen LogP contribution in [0.5, 0.6) is 0 Å². The van der Waals surface area contributed by atoms with Crippen molar-refractivity contribution in [2.45, 2.75) is 29.5 Å². The summed E-state index contributed by atoms with van der Waals surface area (Å²) in [5, 5.41) is 26.4. The monoisotopic (exact) mass is 585 g/mol. The van der Waals surface area contributed by atoms with Gasteiger partial charge in [0.2, 0.25) is 11.1 Å². The quantitative estimate of drug-likeness (QED) is 0.146. The minimum absolute atomic E-state index is 0. The number of hydrogen-bond acceptors (Lipinski definition) is 12. The average Bonchev–Trinajstić information content (AvgIpc) is 3.41. The average molecular weight is 586 g/mol. The number of hydrogen-bond donors (Lipinski definition) is 3. The van der Waals surface area contributed by atoms with Crippen molar-refractivity contribution in [2.75, 3.05) is 37.9 Å². The molecule has 0 aliphatic carbocycles. The van der Waals surface area contributed by atoms with E-state index in [0.717, 1.165) is 6.54 Å². The van der Waals surface area contributed by atoms with Gasteiger partial charge in [0, 0.05) is 23.4 Å². The third-order valence-electron chi connectivity index (χ3n) is 5.11. The number of likely N-dealkylation sites (N-methyl/N-ethyl adjacent to an activating group) is 1. The number of tetrazole rings is 1. The summed E-state index contributed by atoms with van der Waals surface area (Å²) < 4.78 is 1.67. The maximum atomic E-state index is 12.8. The van der Waals surface area contributed by atoms with Gasteiger partial charge in [0.1, 0.15) is 17.1 Å². The van der Waals surface area contributed by atoms with Crippen LogP contribution in [0.2, 0.25) is 0 Å². The molecule has 0 radical (unpaired) electrons. The Morgan fingerprint density at radius 3 is 2.81 bits per heavy atom. The number of nitrogens with zero attached hydrogens (tertiary/aromatic N) is 7. The van der Waals surface area contributed by atoms with E-state index in [2.05, 4.69) is 25.8 Å². The Labute approximate surface area is 249 Å². The van der Waals surface area contributed by atoms with Crippen molar-refractivity contribution in [3.63, 3.8) is 0 Å². The first-order valence-electron chi connectivity index (χ1n) is 10.2. The number of aromatic nitrogens is 5. The van der Waals surface area contributed by atoms with E-state index in [0.29, 0.717) is 39.6 Å². The molecule has 4 heterocycles. The summed E-state index contributed by atoms with van der Waals surface area (Å²) in [6.07, 6.45) is 0.000917. The van der Waals surface area contributed by atoms with Crippen LogP contribution in [0.25, 0.3) is 0 Å². The third kappa shape index (κ3) is 6.92. The van der Waals surface area contributed by atoms with Gasteiger partial charge in [-0.05, 0) is 30.1 Å². The van der Waals surface area contributed by atoms with E-state index in [4.69, 9.17) is 5.73 Å². The molecule has 4 rings (SSSR count). The van der Waals surface area contributed by atoms with E-state index in [9.17, 15) is 19.5 Å². The normalized spacial score (nSPS) is 18.8. The number of carbonyl (C=O) groups is 3. The van der Waals surface area contributed by atoms with Crippen LogP contribution in [-0.4, -0.2) is 101 Å². The van der Waals surface area contributed by atoms with Crippen LogP contribution >= 0.6 is 47.3 Å². The number of nitrogens with one attached hydrogen (secondary N) is 1. The van der Waals surface area contributed by atoms with Crippen LogP contribution in [0.4, 0.5) is 5.13 Å². The summed E-state index contributed by atoms with van der Waals surface area (Å²) in [7, 11) is 3.90. The number of carboxylic acid groups (broad SMARTS) is 1. The molecule has 0 unspecified atom stereocenters. The third-order valence-corrected chi connectivity index (χ3v) is 8.22. The fourth-order valence-corrected chi connectivity index (χ4v) is 6.42. The Morgan fingerprint density at radius 1 is 1.42 bits per heavy atom. The van der Waals surface area contributed by atoms with Crippen molar-refractivity contribution >= 4 is 70.2 Å². The summed E-state index contributed by atoms with van der Waals surface area (Å²) in [6, 6.07) is -0.782. The number of β-lactam (4-membered cyclic amide) rings is 1. The number of anilines is 1. The van der Waals surface area contributed by atoms with Crippen LogP contribution in [0.1, 0.15) is 7.12 Å². The van der Waals surface area contributed by atoms with E-state index in [-0.39, 0.29) is 61.4 Å². The van der Waals surface area contributed by atoms with Gasteiger partial charge >= 0.3 is 35.5 Å². The largest absolute Gasteiger partial charge is 1.00 e. The SMILES string of the molecule is CN(C)CCn1nnnc1SCC1=C(C(=O)O)N2C(=O)[C@@H](NC(=O)Cc3csc(N)n3)[C@H]2SC1.Cl.[H-].[Na+]. The zero-order valence-electron chi connectivity index (χ0n) is 20.8. The predicted octanol–water partition coefficient (Wildman–Crippen LogP) is -3.11. The van der Waals surface area contributed by atoms with Gasteiger partial charge in [0.25, 0.3) is 5.91 Å². The number of aliphatic carboxylic acids is 1. The summed E-state index contributed by atoms with van der Waals surface area (Å²) in [5.74, 6) is -1.24. The molecule has 2 aromatic heterocycles. The standard InChI is InChI=1S/C18H23N9O4S3.ClH.Na.H/c1-25(2)3-4-26-18(22-23-24-26)34-7-9-6-32-15-12(14(29)27(15)13(9)16(30)31)21-11(28)5-10-8-33-17(19)20-10;;;/h8,12,15H,3-7H2,1-2H3,(H2,19,20)(H,21,28)(H,30,31);1H;;/q;;+1;-1/t12-,15-;;;/m1.../s1. The Bertz CT molecular complexity index is 1150. The molecule has 0 spiro atoms. The van der Waals surface area contributed by atoms with Crippen molar-refractivity contribution in [2.24, 2.45) is 0 Å². The number of carboxylic acids is 1. The smallest absolute Gasteiger partial charge is 1.00 e. The maximum Gasteiger partial charge on any atom is 1.00 e. The zero-order valence-corrected chi connectivity index (χ0v) is 25.0. The van der Waals surface area contributed by atoms with Gasteiger partial charge in [0.15, 0.2) is 5.13 Å². The Balaban J connectivity index is 0.00000228. The van der Waals surface area contributed by atoms with Gasteiger partial charge in [-0.2, -0.15) is 0 Å². The molecule has 13 nitrogen and oxygen atoms in total. The minimum atomic E-state index is -1.18. The van der Waals surface area contributed by atoms with Gasteiger partial charge in [-0.3, -0.25) is 14.5 Å². The van der Waals surface area contributed by atoms with Crippen LogP contribution in [-0.2, 0) is 27.3 Å². The molecule has 1 fully saturated rings. The van der Waals surface area contributed by atoms with Crippen molar-refractivity contribution in [1.29, 1.82) is 0 Å². The number of carbonyl (C=O) groups excluding carboxylic acids is 2. The first-order valence-corrected chi connectivity index (χ1v) is 13.1. The fourth-order valence-electron chi connectivity index (χ4n) is 3.47. The molecule has 36 heavy (non-hydrogen) atoms. The van der Waals surface area contributed by atoms with Crippen molar-refractivity contribution in [3.8, 4) is 0 Å². The number of halogens is 1. The second-order valence-electron chi connectivity index (χ2n) is 7.84. The Kier molecular flexibility index (Phi) is 11.5. The molecule has 0 aromatic carbocycles. The van der Waals surface area contributed by atoms with Crippen molar-refractivity contribution in [1.82, 2.24) is 40.3 Å². The summed E-state index contributed by atoms with van der Waals surface area (Å²) in [6.45, 7) is 1.36. The summed E-state index contributed by atoms with van der Waals surface area (Å²) in [4.78, 5) is 44.5. The molecule has 0 bridgehead atoms. The van der Waals surface area contributed by atoms with Gasteiger partial charge < -0.3 is 22.5 Å². The van der Waals surface area contributed by atoms with Gasteiger partial charge in [-0.15, -0.1) is 40.6 Å². The Morgan fingerprint density at radius 2 is 2.17 bits per heavy atom. The zero-order chi connectivity index (χ0) is 24.4. The topological polar surface area (TPSA) is 172 Å². The molecule has 192 valence electrons. The first-order chi connectivity index (χ1) is 16.2. The molecular formula is C18H25ClN9NaO4S3. The second-order valence-corrected chi connectivity index (χ2v) is 10.8. The van der Waals surface area contributed by atoms with E-state index >= 15 is 0 Å². The first kappa shape index (κ1) is 30.8. The number of rotatable bonds is 10. The van der Waals surface area contributed by atoms with Crippen molar-refractivity contribution in [3.05, 3.63) is 22.3 Å². The van der Waals surface area contributed by atoms with Gasteiger partial charge in [0.05, 0.1) is 18.7 Å². The molecule has 1 saturated heterocycles. The molecule has 2 aliphatic rings. The molecule has 18 heteroatoms. The number of nitrogen functional groups attached to an aromatic ring is 1. The summed E-state index contributed by atoms with van der Waals surface area (Å²) in [5.41, 5.74) is 6.68. The molecule has 2 amide bonds. The second kappa shape index (κ2) is 13.4. The van der Waals surface area contributed by atoms with Crippen LogP contribution in [0.3, 0.4) is 0 Å². The van der Waals surface area contributed by atoms with E-state index in [1.165, 1.54) is 39.8 Å². The van der Waals surface area contributed by atoms with Crippen LogP contribution < -0.4 is 40.6 Å². The molecule has 0 saturated carbocycles. The van der Waals surface area contributed by atoms with E-state index < -0.39 is 23.3 Å². The number of thiazole rings is 1. The maximum absolute atomic E-state index is 12.8.